The normalized spacial score (nSPS) is 12.3. The van der Waals surface area contributed by atoms with E-state index in [0.29, 0.717) is 5.69 Å². The molecule has 0 spiro atoms. The number of halogens is 3. The van der Waals surface area contributed by atoms with Crippen molar-refractivity contribution in [3.05, 3.63) is 102 Å². The quantitative estimate of drug-likeness (QED) is 0.350. The number of aromatic nitrogens is 2. The summed E-state index contributed by atoms with van der Waals surface area (Å²) in [4.78, 5) is 5.01. The fourth-order valence-electron chi connectivity index (χ4n) is 3.45. The predicted octanol–water partition coefficient (Wildman–Crippen LogP) is 5.95. The maximum Gasteiger partial charge on any atom is 0.416 e. The van der Waals surface area contributed by atoms with Crippen molar-refractivity contribution in [1.29, 1.82) is 0 Å². The van der Waals surface area contributed by atoms with Gasteiger partial charge in [0, 0.05) is 25.2 Å². The highest BCUT2D eigenvalue weighted by molar-refractivity contribution is 7.79. The van der Waals surface area contributed by atoms with E-state index >= 15 is 0 Å². The van der Waals surface area contributed by atoms with Crippen LogP contribution in [-0.4, -0.2) is 9.55 Å². The first-order valence-electron chi connectivity index (χ1n) is 10.3. The van der Waals surface area contributed by atoms with Crippen molar-refractivity contribution >= 4 is 24.1 Å². The molecule has 164 valence electrons. The summed E-state index contributed by atoms with van der Waals surface area (Å²) < 4.78 is 42.2. The van der Waals surface area contributed by atoms with Crippen LogP contribution in [0.4, 0.5) is 13.2 Å². The Balaban J connectivity index is 1.98. The summed E-state index contributed by atoms with van der Waals surface area (Å²) in [5, 5.41) is 2.18. The van der Waals surface area contributed by atoms with Crippen LogP contribution < -0.4 is 16.2 Å². The van der Waals surface area contributed by atoms with Gasteiger partial charge in [-0.3, -0.25) is 4.57 Å². The topological polar surface area (TPSA) is 17.8 Å². The Bertz CT molecular complexity index is 1150. The van der Waals surface area contributed by atoms with Crippen LogP contribution in [0.5, 0.6) is 0 Å². The van der Waals surface area contributed by atoms with Crippen molar-refractivity contribution in [1.82, 2.24) is 9.55 Å². The van der Waals surface area contributed by atoms with Gasteiger partial charge < -0.3 is 0 Å². The van der Waals surface area contributed by atoms with E-state index in [0.717, 1.165) is 27.9 Å². The molecule has 0 fully saturated rings. The molecule has 1 aromatic heterocycles. The van der Waals surface area contributed by atoms with E-state index in [9.17, 15) is 13.2 Å². The molecular formula is C26H24F3N2P. The van der Waals surface area contributed by atoms with Crippen LogP contribution in [-0.2, 0) is 11.6 Å². The minimum absolute atomic E-state index is 0.254. The summed E-state index contributed by atoms with van der Waals surface area (Å²) in [6, 6.07) is 25.5. The van der Waals surface area contributed by atoms with Crippen molar-refractivity contribution < 1.29 is 13.2 Å². The first-order chi connectivity index (χ1) is 15.1. The van der Waals surface area contributed by atoms with Gasteiger partial charge in [-0.1, -0.05) is 87.5 Å². The lowest BCUT2D eigenvalue weighted by Crippen LogP contribution is -2.27. The van der Waals surface area contributed by atoms with Crippen molar-refractivity contribution in [3.8, 4) is 5.69 Å². The number of rotatable bonds is 4. The van der Waals surface area contributed by atoms with Gasteiger partial charge in [0.15, 0.2) is 0 Å². The van der Waals surface area contributed by atoms with Gasteiger partial charge >= 0.3 is 6.18 Å². The molecule has 0 saturated heterocycles. The zero-order chi connectivity index (χ0) is 22.9. The number of hydrogen-bond donors (Lipinski definition) is 0. The largest absolute Gasteiger partial charge is 0.416 e. The second-order valence-corrected chi connectivity index (χ2v) is 10.7. The molecule has 2 nitrogen and oxygen atoms in total. The third-order valence-electron chi connectivity index (χ3n) is 5.14. The molecule has 0 atom stereocenters. The molecule has 0 saturated carbocycles. The maximum absolute atomic E-state index is 13.4. The fraction of sp³-hybridized carbons (Fsp3) is 0.192. The summed E-state index contributed by atoms with van der Waals surface area (Å²) in [6.45, 7) is 6.18. The first kappa shape index (κ1) is 22.3. The van der Waals surface area contributed by atoms with Crippen LogP contribution in [0.25, 0.3) is 5.69 Å². The molecule has 0 aliphatic carbocycles. The Morgan fingerprint density at radius 1 is 0.750 bits per heavy atom. The molecule has 0 radical (unpaired) electrons. The van der Waals surface area contributed by atoms with Crippen LogP contribution >= 0.6 is 7.92 Å². The van der Waals surface area contributed by atoms with Crippen LogP contribution in [0.1, 0.15) is 32.0 Å². The van der Waals surface area contributed by atoms with E-state index in [1.165, 1.54) is 12.1 Å². The van der Waals surface area contributed by atoms with Gasteiger partial charge in [-0.15, -0.1) is 0 Å². The van der Waals surface area contributed by atoms with Gasteiger partial charge in [0.25, 0.3) is 0 Å². The molecule has 4 rings (SSSR count). The molecule has 0 aliphatic rings. The monoisotopic (exact) mass is 452 g/mol. The highest BCUT2D eigenvalue weighted by atomic mass is 31.1. The number of hydrogen-bond acceptors (Lipinski definition) is 1. The average molecular weight is 452 g/mol. The maximum atomic E-state index is 13.4. The summed E-state index contributed by atoms with van der Waals surface area (Å²) in [6.07, 6.45) is -2.53. The number of nitrogens with zero attached hydrogens (tertiary/aromatic N) is 2. The number of alkyl halides is 3. The summed E-state index contributed by atoms with van der Waals surface area (Å²) in [7, 11) is -1.08. The lowest BCUT2D eigenvalue weighted by molar-refractivity contribution is -0.137. The van der Waals surface area contributed by atoms with Crippen LogP contribution in [0.2, 0.25) is 0 Å². The molecule has 6 heteroatoms. The molecule has 3 aromatic carbocycles. The molecule has 0 unspecified atom stereocenters. The number of benzene rings is 3. The van der Waals surface area contributed by atoms with E-state index in [4.69, 9.17) is 4.98 Å². The van der Waals surface area contributed by atoms with Crippen molar-refractivity contribution in [2.75, 3.05) is 0 Å². The van der Waals surface area contributed by atoms with Crippen molar-refractivity contribution in [2.45, 2.75) is 32.4 Å². The Labute approximate surface area is 187 Å². The molecule has 32 heavy (non-hydrogen) atoms. The highest BCUT2D eigenvalue weighted by Gasteiger charge is 2.32. The van der Waals surface area contributed by atoms with E-state index in [1.54, 1.807) is 6.07 Å². The standard InChI is InChI=1S/C26H24F3N2P/c1-25(2,3)23-18-31(20-12-10-11-19(17-20)26(27,28)29)24(30-23)32(21-13-6-4-7-14-21)22-15-8-5-9-16-22/h4-18H,1-3H3. The second-order valence-electron chi connectivity index (χ2n) is 8.60. The van der Waals surface area contributed by atoms with E-state index in [-0.39, 0.29) is 5.41 Å². The smallest absolute Gasteiger partial charge is 0.299 e. The van der Waals surface area contributed by atoms with E-state index in [2.05, 4.69) is 45.0 Å². The molecule has 0 bridgehead atoms. The third-order valence-corrected chi connectivity index (χ3v) is 7.48. The fourth-order valence-corrected chi connectivity index (χ4v) is 5.74. The van der Waals surface area contributed by atoms with Gasteiger partial charge in [0.2, 0.25) is 0 Å². The predicted molar refractivity (Wildman–Crippen MR) is 126 cm³/mol. The SMILES string of the molecule is CC(C)(C)c1cn(-c2cccc(C(F)(F)F)c2)c(P(c2ccccc2)c2ccccc2)n1. The lowest BCUT2D eigenvalue weighted by atomic mass is 9.93. The van der Waals surface area contributed by atoms with Crippen molar-refractivity contribution in [3.63, 3.8) is 0 Å². The Morgan fingerprint density at radius 2 is 1.31 bits per heavy atom. The summed E-state index contributed by atoms with van der Waals surface area (Å²) in [5.74, 6) is 0. The molecule has 0 amide bonds. The Hall–Kier alpha value is -2.91. The van der Waals surface area contributed by atoms with Gasteiger partial charge in [-0.2, -0.15) is 13.2 Å². The van der Waals surface area contributed by atoms with Gasteiger partial charge in [-0.05, 0) is 28.8 Å². The minimum atomic E-state index is -4.41. The van der Waals surface area contributed by atoms with E-state index < -0.39 is 19.7 Å². The molecule has 0 aliphatic heterocycles. The van der Waals surface area contributed by atoms with Crippen LogP contribution in [0.15, 0.2) is 91.1 Å². The minimum Gasteiger partial charge on any atom is -0.299 e. The summed E-state index contributed by atoms with van der Waals surface area (Å²) >= 11 is 0. The Morgan fingerprint density at radius 3 is 1.81 bits per heavy atom. The average Bonchev–Trinajstić information content (AvgIpc) is 3.21. The first-order valence-corrected chi connectivity index (χ1v) is 11.7. The number of imidazole rings is 1. The zero-order valence-corrected chi connectivity index (χ0v) is 19.0. The molecule has 1 heterocycles. The van der Waals surface area contributed by atoms with Gasteiger partial charge in [0.05, 0.1) is 11.3 Å². The third kappa shape index (κ3) is 4.63. The molecule has 0 N–H and O–H groups in total. The van der Waals surface area contributed by atoms with Crippen LogP contribution in [0, 0.1) is 0 Å². The lowest BCUT2D eigenvalue weighted by Gasteiger charge is -2.20. The van der Waals surface area contributed by atoms with Gasteiger partial charge in [0.1, 0.15) is 5.57 Å². The van der Waals surface area contributed by atoms with Crippen LogP contribution in [0.3, 0.4) is 0 Å². The van der Waals surface area contributed by atoms with Crippen molar-refractivity contribution in [2.24, 2.45) is 0 Å². The second kappa shape index (κ2) is 8.55. The Kier molecular flexibility index (Phi) is 5.96. The van der Waals surface area contributed by atoms with Gasteiger partial charge in [-0.25, -0.2) is 4.98 Å². The molecule has 4 aromatic rings. The summed E-state index contributed by atoms with van der Waals surface area (Å²) in [5.41, 5.74) is 1.12. The molecular weight excluding hydrogens is 428 g/mol. The highest BCUT2D eigenvalue weighted by Crippen LogP contribution is 2.36. The van der Waals surface area contributed by atoms with E-state index in [1.807, 2.05) is 47.2 Å². The zero-order valence-electron chi connectivity index (χ0n) is 18.1.